The highest BCUT2D eigenvalue weighted by atomic mass is 35.5. The molecule has 7 nitrogen and oxygen atoms in total. The first kappa shape index (κ1) is 16.3. The zero-order valence-electron chi connectivity index (χ0n) is 12.3. The van der Waals surface area contributed by atoms with Crippen molar-refractivity contribution in [2.45, 2.75) is 13.1 Å². The molecular formula is C14H18ClN5O2. The lowest BCUT2D eigenvalue weighted by Crippen LogP contribution is -2.30. The molecule has 2 N–H and O–H groups in total. The maximum Gasteiger partial charge on any atom is 0.241 e. The smallest absolute Gasteiger partial charge is 0.241 e. The van der Waals surface area contributed by atoms with Crippen molar-refractivity contribution in [2.24, 2.45) is 0 Å². The Hall–Kier alpha value is -2.12. The Morgan fingerprint density at radius 2 is 2.36 bits per heavy atom. The molecule has 1 amide bonds. The predicted molar refractivity (Wildman–Crippen MR) is 83.7 cm³/mol. The Morgan fingerprint density at radius 3 is 3.14 bits per heavy atom. The van der Waals surface area contributed by atoms with E-state index in [4.69, 9.17) is 16.3 Å². The fourth-order valence-electron chi connectivity index (χ4n) is 1.77. The summed E-state index contributed by atoms with van der Waals surface area (Å²) in [6.45, 7) is 1.68. The second-order valence-corrected chi connectivity index (χ2v) is 5.02. The molecular weight excluding hydrogens is 306 g/mol. The van der Waals surface area contributed by atoms with Crippen molar-refractivity contribution in [3.63, 3.8) is 0 Å². The third kappa shape index (κ3) is 5.34. The lowest BCUT2D eigenvalue weighted by atomic mass is 10.3. The monoisotopic (exact) mass is 323 g/mol. The fourth-order valence-corrected chi connectivity index (χ4v) is 1.96. The van der Waals surface area contributed by atoms with E-state index in [1.54, 1.807) is 42.5 Å². The molecule has 0 aliphatic heterocycles. The number of nitrogens with zero attached hydrogens (tertiary/aromatic N) is 3. The highest BCUT2D eigenvalue weighted by Crippen LogP contribution is 2.10. The number of carbonyl (C=O) groups is 1. The third-order valence-corrected chi connectivity index (χ3v) is 3.05. The molecule has 2 heterocycles. The summed E-state index contributed by atoms with van der Waals surface area (Å²) in [7, 11) is 1.59. The summed E-state index contributed by atoms with van der Waals surface area (Å²) in [5, 5.41) is 10.7. The van der Waals surface area contributed by atoms with Gasteiger partial charge in [0.1, 0.15) is 6.54 Å². The molecule has 0 unspecified atom stereocenters. The summed E-state index contributed by atoms with van der Waals surface area (Å²) in [6, 6.07) is 3.52. The normalized spacial score (nSPS) is 10.5. The largest absolute Gasteiger partial charge is 0.383 e. The Balaban J connectivity index is 1.80. The maximum atomic E-state index is 11.6. The Kier molecular flexibility index (Phi) is 6.17. The van der Waals surface area contributed by atoms with Crippen LogP contribution in [-0.4, -0.2) is 40.9 Å². The Labute approximate surface area is 133 Å². The van der Waals surface area contributed by atoms with E-state index >= 15 is 0 Å². The molecule has 0 radical (unpaired) electrons. The number of aromatic nitrogens is 3. The zero-order valence-corrected chi connectivity index (χ0v) is 13.0. The summed E-state index contributed by atoms with van der Waals surface area (Å²) in [4.78, 5) is 15.8. The van der Waals surface area contributed by atoms with E-state index in [9.17, 15) is 4.79 Å². The standard InChI is InChI=1S/C14H18ClN5O2/c1-22-5-4-17-14(21)10-20-9-13(8-19-20)18-7-12-6-11(15)2-3-16-12/h2-3,6,8-9,18H,4-5,7,10H2,1H3,(H,17,21). The van der Waals surface area contributed by atoms with Crippen LogP contribution in [0.25, 0.3) is 0 Å². The van der Waals surface area contributed by atoms with E-state index in [2.05, 4.69) is 20.7 Å². The highest BCUT2D eigenvalue weighted by Gasteiger charge is 2.04. The van der Waals surface area contributed by atoms with Crippen LogP contribution in [0, 0.1) is 0 Å². The highest BCUT2D eigenvalue weighted by molar-refractivity contribution is 6.30. The lowest BCUT2D eigenvalue weighted by Gasteiger charge is -2.04. The van der Waals surface area contributed by atoms with Gasteiger partial charge in [0.25, 0.3) is 0 Å². The second-order valence-electron chi connectivity index (χ2n) is 4.59. The minimum Gasteiger partial charge on any atom is -0.383 e. The van der Waals surface area contributed by atoms with Crippen LogP contribution in [0.4, 0.5) is 5.69 Å². The fraction of sp³-hybridized carbons (Fsp3) is 0.357. The van der Waals surface area contributed by atoms with Gasteiger partial charge >= 0.3 is 0 Å². The van der Waals surface area contributed by atoms with Crippen LogP contribution in [0.2, 0.25) is 5.02 Å². The van der Waals surface area contributed by atoms with Crippen molar-refractivity contribution in [3.8, 4) is 0 Å². The van der Waals surface area contributed by atoms with Gasteiger partial charge < -0.3 is 15.4 Å². The number of nitrogens with one attached hydrogen (secondary N) is 2. The van der Waals surface area contributed by atoms with Gasteiger partial charge in [0, 0.05) is 31.1 Å². The lowest BCUT2D eigenvalue weighted by molar-refractivity contribution is -0.122. The molecule has 0 aliphatic carbocycles. The van der Waals surface area contributed by atoms with Crippen molar-refractivity contribution in [1.82, 2.24) is 20.1 Å². The van der Waals surface area contributed by atoms with Crippen LogP contribution >= 0.6 is 11.6 Å². The first-order valence-corrected chi connectivity index (χ1v) is 7.17. The van der Waals surface area contributed by atoms with Gasteiger partial charge in [-0.05, 0) is 12.1 Å². The SMILES string of the molecule is COCCNC(=O)Cn1cc(NCc2cc(Cl)ccn2)cn1. The molecule has 22 heavy (non-hydrogen) atoms. The van der Waals surface area contributed by atoms with Crippen molar-refractivity contribution >= 4 is 23.2 Å². The van der Waals surface area contributed by atoms with Gasteiger partial charge in [0.2, 0.25) is 5.91 Å². The molecule has 0 aromatic carbocycles. The summed E-state index contributed by atoms with van der Waals surface area (Å²) in [5.41, 5.74) is 1.64. The number of carbonyl (C=O) groups excluding carboxylic acids is 1. The van der Waals surface area contributed by atoms with Crippen LogP contribution in [0.5, 0.6) is 0 Å². The summed E-state index contributed by atoms with van der Waals surface area (Å²) >= 11 is 5.90. The van der Waals surface area contributed by atoms with Crippen molar-refractivity contribution in [2.75, 3.05) is 25.6 Å². The Morgan fingerprint density at radius 1 is 1.50 bits per heavy atom. The van der Waals surface area contributed by atoms with Gasteiger partial charge in [-0.1, -0.05) is 11.6 Å². The molecule has 0 spiro atoms. The van der Waals surface area contributed by atoms with E-state index in [0.29, 0.717) is 24.7 Å². The van der Waals surface area contributed by atoms with E-state index in [-0.39, 0.29) is 12.5 Å². The number of halogens is 1. The molecule has 0 aliphatic rings. The van der Waals surface area contributed by atoms with Gasteiger partial charge in [0.05, 0.1) is 30.7 Å². The number of hydrogen-bond acceptors (Lipinski definition) is 5. The van der Waals surface area contributed by atoms with Gasteiger partial charge in [-0.25, -0.2) is 0 Å². The molecule has 2 aromatic heterocycles. The average molecular weight is 324 g/mol. The maximum absolute atomic E-state index is 11.6. The zero-order chi connectivity index (χ0) is 15.8. The van der Waals surface area contributed by atoms with Crippen molar-refractivity contribution < 1.29 is 9.53 Å². The second kappa shape index (κ2) is 8.35. The van der Waals surface area contributed by atoms with E-state index < -0.39 is 0 Å². The number of ether oxygens (including phenoxy) is 1. The minimum atomic E-state index is -0.108. The van der Waals surface area contributed by atoms with E-state index in [1.165, 1.54) is 0 Å². The van der Waals surface area contributed by atoms with Gasteiger partial charge in [-0.15, -0.1) is 0 Å². The van der Waals surface area contributed by atoms with Crippen LogP contribution in [0.1, 0.15) is 5.69 Å². The molecule has 0 fully saturated rings. The molecule has 0 atom stereocenters. The number of amides is 1. The quantitative estimate of drug-likeness (QED) is 0.716. The average Bonchev–Trinajstić information content (AvgIpc) is 2.93. The van der Waals surface area contributed by atoms with E-state index in [1.807, 2.05) is 0 Å². The molecule has 8 heteroatoms. The molecule has 0 bridgehead atoms. The third-order valence-electron chi connectivity index (χ3n) is 2.82. The van der Waals surface area contributed by atoms with E-state index in [0.717, 1.165) is 11.4 Å². The first-order valence-electron chi connectivity index (χ1n) is 6.80. The molecule has 0 saturated heterocycles. The first-order chi connectivity index (χ1) is 10.7. The topological polar surface area (TPSA) is 81.1 Å². The van der Waals surface area contributed by atoms with Gasteiger partial charge in [-0.2, -0.15) is 5.10 Å². The Bertz CT molecular complexity index is 617. The number of pyridine rings is 1. The van der Waals surface area contributed by atoms with Crippen LogP contribution in [0.3, 0.4) is 0 Å². The predicted octanol–water partition coefficient (Wildman–Crippen LogP) is 1.31. The molecule has 2 rings (SSSR count). The van der Waals surface area contributed by atoms with Crippen LogP contribution in [-0.2, 0) is 22.6 Å². The van der Waals surface area contributed by atoms with Crippen molar-refractivity contribution in [3.05, 3.63) is 41.4 Å². The number of anilines is 1. The van der Waals surface area contributed by atoms with Crippen LogP contribution < -0.4 is 10.6 Å². The van der Waals surface area contributed by atoms with Gasteiger partial charge in [-0.3, -0.25) is 14.5 Å². The molecule has 2 aromatic rings. The van der Waals surface area contributed by atoms with Crippen molar-refractivity contribution in [1.29, 1.82) is 0 Å². The number of hydrogen-bond donors (Lipinski definition) is 2. The summed E-state index contributed by atoms with van der Waals surface area (Å²) in [5.74, 6) is -0.108. The van der Waals surface area contributed by atoms with Crippen LogP contribution in [0.15, 0.2) is 30.7 Å². The minimum absolute atomic E-state index is 0.108. The number of rotatable bonds is 8. The van der Waals surface area contributed by atoms with Gasteiger partial charge in [0.15, 0.2) is 0 Å². The molecule has 118 valence electrons. The number of methoxy groups -OCH3 is 1. The summed E-state index contributed by atoms with van der Waals surface area (Å²) in [6.07, 6.45) is 5.08. The summed E-state index contributed by atoms with van der Waals surface area (Å²) < 4.78 is 6.43. The molecule has 0 saturated carbocycles.